The van der Waals surface area contributed by atoms with Gasteiger partial charge in [0.05, 0.1) is 24.3 Å². The lowest BCUT2D eigenvalue weighted by molar-refractivity contribution is -0.277. The zero-order valence-electron chi connectivity index (χ0n) is 17.3. The zero-order chi connectivity index (χ0) is 22.0. The summed E-state index contributed by atoms with van der Waals surface area (Å²) in [4.78, 5) is 0. The van der Waals surface area contributed by atoms with Gasteiger partial charge in [-0.05, 0) is 18.9 Å². The van der Waals surface area contributed by atoms with E-state index in [-0.39, 0.29) is 24.2 Å². The molecule has 170 valence electrons. The fraction of sp³-hybridized carbons (Fsp3) is 0.714. The maximum Gasteiger partial charge on any atom is 0.229 e. The van der Waals surface area contributed by atoms with E-state index in [0.29, 0.717) is 22.6 Å². The van der Waals surface area contributed by atoms with Crippen LogP contribution in [0.2, 0.25) is 5.02 Å². The van der Waals surface area contributed by atoms with E-state index in [0.717, 1.165) is 31.2 Å². The summed E-state index contributed by atoms with van der Waals surface area (Å²) in [7, 11) is 0. The third-order valence-electron chi connectivity index (χ3n) is 5.92. The van der Waals surface area contributed by atoms with Crippen LogP contribution >= 0.6 is 11.6 Å². The maximum absolute atomic E-state index is 10.7. The van der Waals surface area contributed by atoms with Crippen molar-refractivity contribution in [3.05, 3.63) is 21.7 Å². The number of aliphatic hydroxyl groups excluding tert-OH is 4. The predicted octanol–water partition coefficient (Wildman–Crippen LogP) is 1.55. The fourth-order valence-corrected chi connectivity index (χ4v) is 4.37. The van der Waals surface area contributed by atoms with Gasteiger partial charge in [-0.1, -0.05) is 37.8 Å². The number of phenols is 1. The van der Waals surface area contributed by atoms with Crippen LogP contribution in [-0.4, -0.2) is 68.9 Å². The molecule has 0 unspecified atom stereocenters. The van der Waals surface area contributed by atoms with Gasteiger partial charge in [0.25, 0.3) is 0 Å². The summed E-state index contributed by atoms with van der Waals surface area (Å²) >= 11 is 6.64. The summed E-state index contributed by atoms with van der Waals surface area (Å²) in [6.45, 7) is 3.44. The third kappa shape index (κ3) is 4.55. The molecule has 8 nitrogen and oxygen atoms in total. The molecule has 1 fully saturated rings. The van der Waals surface area contributed by atoms with Crippen molar-refractivity contribution in [2.75, 3.05) is 6.61 Å². The topological polar surface area (TPSA) is 129 Å². The van der Waals surface area contributed by atoms with E-state index >= 15 is 0 Å². The number of hydrogen-bond donors (Lipinski definition) is 5. The molecule has 2 aliphatic heterocycles. The minimum atomic E-state index is -1.57. The molecule has 0 radical (unpaired) electrons. The Balaban J connectivity index is 1.86. The smallest absolute Gasteiger partial charge is 0.229 e. The van der Waals surface area contributed by atoms with Gasteiger partial charge in [0, 0.05) is 17.5 Å². The van der Waals surface area contributed by atoms with Crippen molar-refractivity contribution in [2.45, 2.75) is 89.4 Å². The lowest BCUT2D eigenvalue weighted by atomic mass is 9.93. The average molecular weight is 447 g/mol. The highest BCUT2D eigenvalue weighted by atomic mass is 35.5. The minimum Gasteiger partial charge on any atom is -0.507 e. The largest absolute Gasteiger partial charge is 0.507 e. The average Bonchev–Trinajstić information content (AvgIpc) is 2.75. The van der Waals surface area contributed by atoms with Gasteiger partial charge in [-0.25, -0.2) is 0 Å². The number of aromatic hydroxyl groups is 1. The lowest BCUT2D eigenvalue weighted by Crippen LogP contribution is -2.60. The van der Waals surface area contributed by atoms with Crippen molar-refractivity contribution >= 4 is 11.6 Å². The minimum absolute atomic E-state index is 0.000925. The summed E-state index contributed by atoms with van der Waals surface area (Å²) in [5.74, 6) is 0.132. The Kier molecular flexibility index (Phi) is 7.84. The molecule has 9 heteroatoms. The van der Waals surface area contributed by atoms with Crippen LogP contribution in [0.4, 0.5) is 0 Å². The summed E-state index contributed by atoms with van der Waals surface area (Å²) in [5, 5.41) is 50.5. The Labute approximate surface area is 181 Å². The highest BCUT2D eigenvalue weighted by molar-refractivity contribution is 6.33. The van der Waals surface area contributed by atoms with Crippen molar-refractivity contribution in [3.63, 3.8) is 0 Å². The number of rotatable bonds is 7. The van der Waals surface area contributed by atoms with Crippen LogP contribution in [0.1, 0.15) is 49.3 Å². The molecule has 5 N–H and O–H groups in total. The van der Waals surface area contributed by atoms with E-state index in [2.05, 4.69) is 6.92 Å². The van der Waals surface area contributed by atoms with Gasteiger partial charge in [-0.15, -0.1) is 0 Å². The number of hydrogen-bond acceptors (Lipinski definition) is 8. The second kappa shape index (κ2) is 9.99. The van der Waals surface area contributed by atoms with E-state index in [4.69, 9.17) is 25.8 Å². The van der Waals surface area contributed by atoms with Crippen molar-refractivity contribution in [1.29, 1.82) is 0 Å². The maximum atomic E-state index is 10.7. The van der Waals surface area contributed by atoms with Crippen molar-refractivity contribution < 1.29 is 39.7 Å². The molecule has 0 bridgehead atoms. The van der Waals surface area contributed by atoms with Crippen molar-refractivity contribution in [2.24, 2.45) is 0 Å². The summed E-state index contributed by atoms with van der Waals surface area (Å²) in [5.41, 5.74) is 1.70. The Morgan fingerprint density at radius 1 is 1.10 bits per heavy atom. The first-order valence-electron chi connectivity index (χ1n) is 10.4. The van der Waals surface area contributed by atoms with E-state index in [1.807, 2.05) is 0 Å². The van der Waals surface area contributed by atoms with E-state index in [9.17, 15) is 25.5 Å². The highest BCUT2D eigenvalue weighted by Gasteiger charge is 2.45. The SMILES string of the molecule is CCCCC[C@H]1Cc2c(Cl)c(O[C@@H]3O[C@H](CO)[C@@H](O)[C@H](O)[C@H]3O)c(C)c(O)c2CO1. The van der Waals surface area contributed by atoms with E-state index < -0.39 is 37.3 Å². The van der Waals surface area contributed by atoms with Gasteiger partial charge >= 0.3 is 0 Å². The van der Waals surface area contributed by atoms with Crippen LogP contribution in [0.3, 0.4) is 0 Å². The van der Waals surface area contributed by atoms with Crippen LogP contribution in [0.15, 0.2) is 0 Å². The number of halogens is 1. The summed E-state index contributed by atoms with van der Waals surface area (Å²) in [6, 6.07) is 0. The first-order chi connectivity index (χ1) is 14.3. The quantitative estimate of drug-likeness (QED) is 0.399. The van der Waals surface area contributed by atoms with Crippen molar-refractivity contribution in [1.82, 2.24) is 0 Å². The standard InChI is InChI=1S/C21H31ClO8/c1-3-4-5-6-11-7-12-13(9-28-11)16(24)10(2)20(15(12)22)30-21-19(27)18(26)17(25)14(8-23)29-21/h11,14,17-19,21,23-27H,3-9H2,1-2H3/t11-,14+,17+,18-,19+,21-/m0/s1. The highest BCUT2D eigenvalue weighted by Crippen LogP contribution is 2.45. The molecule has 1 saturated heterocycles. The second-order valence-electron chi connectivity index (χ2n) is 8.02. The number of unbranched alkanes of at least 4 members (excludes halogenated alkanes) is 2. The molecule has 0 aliphatic carbocycles. The molecule has 3 rings (SSSR count). The molecule has 6 atom stereocenters. The van der Waals surface area contributed by atoms with Crippen LogP contribution in [0.25, 0.3) is 0 Å². The molecule has 0 amide bonds. The monoisotopic (exact) mass is 446 g/mol. The molecule has 2 heterocycles. The molecule has 2 aliphatic rings. The number of aliphatic hydroxyl groups is 4. The Morgan fingerprint density at radius 3 is 2.50 bits per heavy atom. The molecular weight excluding hydrogens is 416 g/mol. The van der Waals surface area contributed by atoms with Crippen LogP contribution in [-0.2, 0) is 22.5 Å². The van der Waals surface area contributed by atoms with Crippen molar-refractivity contribution in [3.8, 4) is 11.5 Å². The first kappa shape index (κ1) is 23.5. The first-order valence-corrected chi connectivity index (χ1v) is 10.8. The van der Waals surface area contributed by atoms with Crippen LogP contribution in [0, 0.1) is 6.92 Å². The predicted molar refractivity (Wildman–Crippen MR) is 109 cm³/mol. The van der Waals surface area contributed by atoms with Crippen LogP contribution in [0.5, 0.6) is 11.5 Å². The zero-order valence-corrected chi connectivity index (χ0v) is 18.0. The van der Waals surface area contributed by atoms with Gasteiger partial charge in [0.2, 0.25) is 6.29 Å². The number of benzene rings is 1. The summed E-state index contributed by atoms with van der Waals surface area (Å²) in [6.07, 6.45) is -2.43. The number of ether oxygens (including phenoxy) is 3. The van der Waals surface area contributed by atoms with E-state index in [1.165, 1.54) is 0 Å². The van der Waals surface area contributed by atoms with Gasteiger partial charge < -0.3 is 39.7 Å². The third-order valence-corrected chi connectivity index (χ3v) is 6.32. The fourth-order valence-electron chi connectivity index (χ4n) is 4.00. The number of phenolic OH excluding ortho intramolecular Hbond substituents is 1. The molecule has 30 heavy (non-hydrogen) atoms. The van der Waals surface area contributed by atoms with Gasteiger partial charge in [-0.2, -0.15) is 0 Å². The van der Waals surface area contributed by atoms with Gasteiger partial charge in [0.15, 0.2) is 0 Å². The second-order valence-corrected chi connectivity index (χ2v) is 8.40. The Bertz CT molecular complexity index is 740. The molecule has 0 saturated carbocycles. The van der Waals surface area contributed by atoms with Gasteiger partial charge in [0.1, 0.15) is 35.9 Å². The number of fused-ring (bicyclic) bond motifs is 1. The lowest BCUT2D eigenvalue weighted by Gasteiger charge is -2.40. The van der Waals surface area contributed by atoms with Crippen LogP contribution < -0.4 is 4.74 Å². The van der Waals surface area contributed by atoms with E-state index in [1.54, 1.807) is 6.92 Å². The molecule has 1 aromatic rings. The Hall–Kier alpha value is -1.13. The molecule has 0 aromatic heterocycles. The van der Waals surface area contributed by atoms with Gasteiger partial charge in [-0.3, -0.25) is 0 Å². The Morgan fingerprint density at radius 2 is 1.83 bits per heavy atom. The normalized spacial score (nSPS) is 31.4. The summed E-state index contributed by atoms with van der Waals surface area (Å²) < 4.78 is 17.1. The molecule has 0 spiro atoms. The molecule has 1 aromatic carbocycles. The molecular formula is C21H31ClO8.